The maximum atomic E-state index is 6.08. The van der Waals surface area contributed by atoms with E-state index in [2.05, 4.69) is 10.3 Å². The molecule has 0 aliphatic carbocycles. The molecule has 0 saturated carbocycles. The molecule has 0 amide bonds. The number of aliphatic imine (C=N–C) groups is 1. The van der Waals surface area contributed by atoms with E-state index in [1.165, 1.54) is 0 Å². The first-order valence-corrected chi connectivity index (χ1v) is 7.57. The highest BCUT2D eigenvalue weighted by Gasteiger charge is 2.09. The smallest absolute Gasteiger partial charge is 0.193 e. The van der Waals surface area contributed by atoms with E-state index in [0.717, 1.165) is 11.3 Å². The van der Waals surface area contributed by atoms with Crippen LogP contribution in [0.1, 0.15) is 5.56 Å². The molecule has 128 valence electrons. The lowest BCUT2D eigenvalue weighted by Crippen LogP contribution is -2.22. The van der Waals surface area contributed by atoms with E-state index in [1.54, 1.807) is 39.5 Å². The highest BCUT2D eigenvalue weighted by molar-refractivity contribution is 6.32. The van der Waals surface area contributed by atoms with E-state index in [1.807, 2.05) is 18.2 Å². The molecular formula is C17H20ClN3O3. The zero-order chi connectivity index (χ0) is 17.5. The average molecular weight is 350 g/mol. The molecule has 0 aromatic heterocycles. The molecule has 2 aromatic rings. The Morgan fingerprint density at radius 1 is 1.08 bits per heavy atom. The second-order valence-electron chi connectivity index (χ2n) is 4.83. The summed E-state index contributed by atoms with van der Waals surface area (Å²) in [5, 5.41) is 3.48. The van der Waals surface area contributed by atoms with Crippen LogP contribution in [0.25, 0.3) is 0 Å². The maximum absolute atomic E-state index is 6.08. The van der Waals surface area contributed by atoms with Crippen LogP contribution in [0.5, 0.6) is 17.2 Å². The van der Waals surface area contributed by atoms with Gasteiger partial charge in [0.25, 0.3) is 0 Å². The highest BCUT2D eigenvalue weighted by Crippen LogP contribution is 2.31. The molecule has 0 saturated heterocycles. The molecule has 0 unspecified atom stereocenters. The molecule has 24 heavy (non-hydrogen) atoms. The van der Waals surface area contributed by atoms with Gasteiger partial charge in [-0.15, -0.1) is 0 Å². The lowest BCUT2D eigenvalue weighted by Gasteiger charge is -2.12. The first-order chi connectivity index (χ1) is 11.6. The first kappa shape index (κ1) is 17.7. The summed E-state index contributed by atoms with van der Waals surface area (Å²) in [4.78, 5) is 4.32. The van der Waals surface area contributed by atoms with Gasteiger partial charge >= 0.3 is 0 Å². The number of guanidine groups is 1. The van der Waals surface area contributed by atoms with Crippen LogP contribution in [0.15, 0.2) is 41.4 Å². The number of hydrogen-bond acceptors (Lipinski definition) is 4. The molecule has 0 aliphatic rings. The Hall–Kier alpha value is -2.60. The van der Waals surface area contributed by atoms with Crippen molar-refractivity contribution in [2.75, 3.05) is 26.6 Å². The molecule has 6 nitrogen and oxygen atoms in total. The predicted octanol–water partition coefficient (Wildman–Crippen LogP) is 3.29. The number of methoxy groups -OCH3 is 3. The van der Waals surface area contributed by atoms with Crippen LogP contribution in [0.3, 0.4) is 0 Å². The summed E-state index contributed by atoms with van der Waals surface area (Å²) < 4.78 is 15.8. The van der Waals surface area contributed by atoms with Gasteiger partial charge in [0.2, 0.25) is 0 Å². The number of hydrogen-bond donors (Lipinski definition) is 2. The summed E-state index contributed by atoms with van der Waals surface area (Å²) in [6.07, 6.45) is 0. The van der Waals surface area contributed by atoms with Crippen LogP contribution >= 0.6 is 11.6 Å². The molecule has 0 bridgehead atoms. The lowest BCUT2D eigenvalue weighted by atomic mass is 10.2. The van der Waals surface area contributed by atoms with E-state index >= 15 is 0 Å². The number of para-hydroxylation sites is 1. The maximum Gasteiger partial charge on any atom is 0.193 e. The van der Waals surface area contributed by atoms with Crippen molar-refractivity contribution in [2.45, 2.75) is 6.54 Å². The minimum atomic E-state index is 0.265. The fraction of sp³-hybridized carbons (Fsp3) is 0.235. The molecule has 0 atom stereocenters. The van der Waals surface area contributed by atoms with Crippen molar-refractivity contribution in [1.29, 1.82) is 0 Å². The molecular weight excluding hydrogens is 330 g/mol. The van der Waals surface area contributed by atoms with Gasteiger partial charge in [-0.1, -0.05) is 23.7 Å². The molecule has 2 aromatic carbocycles. The summed E-state index contributed by atoms with van der Waals surface area (Å²) in [5.41, 5.74) is 7.52. The normalized spacial score (nSPS) is 11.1. The Kier molecular flexibility index (Phi) is 6.14. The Morgan fingerprint density at radius 3 is 2.46 bits per heavy atom. The third kappa shape index (κ3) is 4.23. The molecule has 2 rings (SSSR count). The van der Waals surface area contributed by atoms with Gasteiger partial charge in [-0.3, -0.25) is 0 Å². The number of nitrogens with zero attached hydrogens (tertiary/aromatic N) is 1. The fourth-order valence-corrected chi connectivity index (χ4v) is 2.44. The Labute approximate surface area is 146 Å². The van der Waals surface area contributed by atoms with E-state index in [0.29, 0.717) is 28.8 Å². The van der Waals surface area contributed by atoms with Gasteiger partial charge in [0.15, 0.2) is 17.5 Å². The van der Waals surface area contributed by atoms with Crippen molar-refractivity contribution in [3.63, 3.8) is 0 Å². The van der Waals surface area contributed by atoms with Crippen LogP contribution in [0, 0.1) is 0 Å². The third-order valence-electron chi connectivity index (χ3n) is 3.33. The van der Waals surface area contributed by atoms with Gasteiger partial charge in [-0.05, 0) is 24.3 Å². The fourth-order valence-electron chi connectivity index (χ4n) is 2.18. The third-order valence-corrected chi connectivity index (χ3v) is 3.62. The monoisotopic (exact) mass is 349 g/mol. The van der Waals surface area contributed by atoms with Crippen molar-refractivity contribution in [2.24, 2.45) is 10.7 Å². The van der Waals surface area contributed by atoms with Gasteiger partial charge in [0, 0.05) is 11.3 Å². The Bertz CT molecular complexity index is 735. The number of nitrogens with one attached hydrogen (secondary N) is 1. The standard InChI is InChI=1S/C17H20ClN3O3/c1-22-14-8-7-12(9-13(14)18)21-17(19)20-10-11-5-4-6-15(23-2)16(11)24-3/h4-9H,10H2,1-3H3,(H3,19,20,21). The van der Waals surface area contributed by atoms with E-state index in [-0.39, 0.29) is 5.96 Å². The predicted molar refractivity (Wildman–Crippen MR) is 96.5 cm³/mol. The number of nitrogens with two attached hydrogens (primary N) is 1. The first-order valence-electron chi connectivity index (χ1n) is 7.19. The summed E-state index contributed by atoms with van der Waals surface area (Å²) in [6.45, 7) is 0.350. The number of anilines is 1. The average Bonchev–Trinajstić information content (AvgIpc) is 2.59. The minimum absolute atomic E-state index is 0.265. The van der Waals surface area contributed by atoms with Crippen molar-refractivity contribution >= 4 is 23.2 Å². The minimum Gasteiger partial charge on any atom is -0.495 e. The summed E-state index contributed by atoms with van der Waals surface area (Å²) in [6, 6.07) is 10.9. The van der Waals surface area contributed by atoms with Crippen molar-refractivity contribution in [1.82, 2.24) is 0 Å². The van der Waals surface area contributed by atoms with Crippen LogP contribution in [-0.4, -0.2) is 27.3 Å². The molecule has 3 N–H and O–H groups in total. The lowest BCUT2D eigenvalue weighted by molar-refractivity contribution is 0.352. The van der Waals surface area contributed by atoms with Gasteiger partial charge in [-0.2, -0.15) is 0 Å². The van der Waals surface area contributed by atoms with Gasteiger partial charge in [0.1, 0.15) is 5.75 Å². The van der Waals surface area contributed by atoms with Gasteiger partial charge in [0.05, 0.1) is 32.9 Å². The Morgan fingerprint density at radius 2 is 1.83 bits per heavy atom. The van der Waals surface area contributed by atoms with Crippen LogP contribution in [0.4, 0.5) is 5.69 Å². The largest absolute Gasteiger partial charge is 0.495 e. The number of halogens is 1. The van der Waals surface area contributed by atoms with Crippen molar-refractivity contribution < 1.29 is 14.2 Å². The second-order valence-corrected chi connectivity index (χ2v) is 5.24. The highest BCUT2D eigenvalue weighted by atomic mass is 35.5. The quantitative estimate of drug-likeness (QED) is 0.618. The number of benzene rings is 2. The second kappa shape index (κ2) is 8.31. The molecule has 0 spiro atoms. The van der Waals surface area contributed by atoms with E-state index in [9.17, 15) is 0 Å². The number of ether oxygens (including phenoxy) is 3. The van der Waals surface area contributed by atoms with Crippen molar-refractivity contribution in [3.05, 3.63) is 47.0 Å². The van der Waals surface area contributed by atoms with E-state index in [4.69, 9.17) is 31.5 Å². The van der Waals surface area contributed by atoms with Gasteiger partial charge < -0.3 is 25.3 Å². The molecule has 0 radical (unpaired) electrons. The van der Waals surface area contributed by atoms with Crippen LogP contribution in [0.2, 0.25) is 5.02 Å². The van der Waals surface area contributed by atoms with E-state index < -0.39 is 0 Å². The SMILES string of the molecule is COc1ccc(NC(N)=NCc2cccc(OC)c2OC)cc1Cl. The molecule has 7 heteroatoms. The summed E-state index contributed by atoms with van der Waals surface area (Å²) in [7, 11) is 4.74. The van der Waals surface area contributed by atoms with Crippen molar-refractivity contribution in [3.8, 4) is 17.2 Å². The molecule has 0 heterocycles. The number of rotatable bonds is 6. The summed E-state index contributed by atoms with van der Waals surface area (Å²) >= 11 is 6.08. The summed E-state index contributed by atoms with van der Waals surface area (Å²) in [5.74, 6) is 2.16. The van der Waals surface area contributed by atoms with Crippen LogP contribution < -0.4 is 25.3 Å². The van der Waals surface area contributed by atoms with Crippen LogP contribution in [-0.2, 0) is 6.54 Å². The zero-order valence-electron chi connectivity index (χ0n) is 13.8. The van der Waals surface area contributed by atoms with Gasteiger partial charge in [-0.25, -0.2) is 4.99 Å². The molecule has 0 fully saturated rings. The topological polar surface area (TPSA) is 78.1 Å². The zero-order valence-corrected chi connectivity index (χ0v) is 14.6. The Balaban J connectivity index is 2.11. The molecule has 0 aliphatic heterocycles.